The van der Waals surface area contributed by atoms with Crippen LogP contribution in [0, 0.1) is 0 Å². The van der Waals surface area contributed by atoms with Gasteiger partial charge in [0.15, 0.2) is 0 Å². The predicted molar refractivity (Wildman–Crippen MR) is 69.1 cm³/mol. The Morgan fingerprint density at radius 2 is 2.31 bits per heavy atom. The second-order valence-electron chi connectivity index (χ2n) is 4.51. The number of nitrogens with zero attached hydrogens (tertiary/aromatic N) is 1. The van der Waals surface area contributed by atoms with Crippen LogP contribution in [-0.2, 0) is 4.79 Å². The zero-order valence-corrected chi connectivity index (χ0v) is 11.2. The van der Waals surface area contributed by atoms with Crippen molar-refractivity contribution in [1.82, 2.24) is 10.3 Å². The number of hydrogen-bond acceptors (Lipinski definition) is 4. The maximum Gasteiger partial charge on any atom is 0.233 e. The summed E-state index contributed by atoms with van der Waals surface area (Å²) in [5, 5.41) is 0.680. The third kappa shape index (κ3) is 3.64. The first kappa shape index (κ1) is 13.8. The van der Waals surface area contributed by atoms with Gasteiger partial charge >= 0.3 is 0 Å². The number of hydrogen-bond donors (Lipinski definition) is 2. The van der Waals surface area contributed by atoms with E-state index in [2.05, 4.69) is 31.1 Å². The quantitative estimate of drug-likeness (QED) is 0.440. The number of hydrazine groups is 1. The minimum absolute atomic E-state index is 0.0704. The highest BCUT2D eigenvalue weighted by atomic mass is 32.2. The molecule has 1 saturated heterocycles. The second-order valence-corrected chi connectivity index (χ2v) is 5.99. The molecular weight excluding hydrogens is 222 g/mol. The van der Waals surface area contributed by atoms with Crippen LogP contribution in [0.1, 0.15) is 33.6 Å². The van der Waals surface area contributed by atoms with Gasteiger partial charge in [-0.3, -0.25) is 15.1 Å². The summed E-state index contributed by atoms with van der Waals surface area (Å²) in [7, 11) is 0. The molecule has 0 spiro atoms. The van der Waals surface area contributed by atoms with Crippen LogP contribution in [0.5, 0.6) is 0 Å². The van der Waals surface area contributed by atoms with Gasteiger partial charge in [-0.15, -0.1) is 0 Å². The average molecular weight is 245 g/mol. The summed E-state index contributed by atoms with van der Waals surface area (Å²) in [5.41, 5.74) is 2.18. The highest BCUT2D eigenvalue weighted by Gasteiger charge is 2.28. The van der Waals surface area contributed by atoms with E-state index in [1.165, 1.54) is 5.75 Å². The van der Waals surface area contributed by atoms with E-state index in [9.17, 15) is 4.79 Å². The van der Waals surface area contributed by atoms with E-state index in [1.54, 1.807) is 0 Å². The Morgan fingerprint density at radius 1 is 1.62 bits per heavy atom. The summed E-state index contributed by atoms with van der Waals surface area (Å²) in [6.07, 6.45) is 1.40. The van der Waals surface area contributed by atoms with Gasteiger partial charge in [0, 0.05) is 36.1 Å². The average Bonchev–Trinajstić information content (AvgIpc) is 2.29. The molecule has 94 valence electrons. The number of thioether (sulfide) groups is 1. The van der Waals surface area contributed by atoms with Gasteiger partial charge in [0.2, 0.25) is 5.91 Å². The van der Waals surface area contributed by atoms with Crippen LogP contribution in [0.2, 0.25) is 0 Å². The molecule has 5 heteroatoms. The molecule has 0 radical (unpaired) electrons. The number of amides is 1. The van der Waals surface area contributed by atoms with E-state index in [0.717, 1.165) is 13.0 Å². The number of nitrogens with one attached hydrogen (secondary N) is 1. The lowest BCUT2D eigenvalue weighted by molar-refractivity contribution is -0.121. The molecule has 0 aliphatic carbocycles. The third-order valence-electron chi connectivity index (χ3n) is 3.45. The highest BCUT2D eigenvalue weighted by molar-refractivity contribution is 8.00. The molecule has 0 aromatic heterocycles. The second kappa shape index (κ2) is 6.47. The van der Waals surface area contributed by atoms with E-state index in [0.29, 0.717) is 23.8 Å². The summed E-state index contributed by atoms with van der Waals surface area (Å²) < 4.78 is 0. The van der Waals surface area contributed by atoms with E-state index in [-0.39, 0.29) is 5.91 Å². The van der Waals surface area contributed by atoms with Gasteiger partial charge in [0.25, 0.3) is 0 Å². The number of carbonyl (C=O) groups is 1. The monoisotopic (exact) mass is 245 g/mol. The fourth-order valence-electron chi connectivity index (χ4n) is 2.16. The maximum atomic E-state index is 11.1. The van der Waals surface area contributed by atoms with Gasteiger partial charge in [-0.1, -0.05) is 6.92 Å². The Hall–Kier alpha value is -0.260. The van der Waals surface area contributed by atoms with Crippen molar-refractivity contribution in [2.24, 2.45) is 5.84 Å². The van der Waals surface area contributed by atoms with E-state index >= 15 is 0 Å². The van der Waals surface area contributed by atoms with Crippen LogP contribution in [0.15, 0.2) is 0 Å². The van der Waals surface area contributed by atoms with E-state index < -0.39 is 0 Å². The van der Waals surface area contributed by atoms with Gasteiger partial charge in [-0.05, 0) is 20.3 Å². The fourth-order valence-corrected chi connectivity index (χ4v) is 3.28. The summed E-state index contributed by atoms with van der Waals surface area (Å²) in [6.45, 7) is 7.88. The van der Waals surface area contributed by atoms with Gasteiger partial charge in [0.05, 0.1) is 0 Å². The number of rotatable bonds is 4. The minimum atomic E-state index is -0.0704. The molecule has 0 aromatic carbocycles. The Balaban J connectivity index is 2.40. The molecule has 1 aliphatic heterocycles. The van der Waals surface area contributed by atoms with Crippen LogP contribution in [0.3, 0.4) is 0 Å². The Labute approximate surface area is 102 Å². The molecule has 1 rings (SSSR count). The first-order valence-corrected chi connectivity index (χ1v) is 6.98. The lowest BCUT2D eigenvalue weighted by Gasteiger charge is -2.41. The Kier molecular flexibility index (Phi) is 5.58. The largest absolute Gasteiger partial charge is 0.296 e. The summed E-state index contributed by atoms with van der Waals surface area (Å²) in [6, 6.07) is 1.05. The standard InChI is InChI=1S/C11H23N3OS/c1-8(4-5-11(15)13-12)14-6-7-16-10(3)9(14)2/h8-10H,4-7,12H2,1-3H3,(H,13,15). The summed E-state index contributed by atoms with van der Waals surface area (Å²) >= 11 is 2.04. The molecule has 0 aromatic rings. The fraction of sp³-hybridized carbons (Fsp3) is 0.909. The lowest BCUT2D eigenvalue weighted by Crippen LogP contribution is -2.49. The van der Waals surface area contributed by atoms with E-state index in [4.69, 9.17) is 5.84 Å². The molecular formula is C11H23N3OS. The molecule has 1 aliphatic rings. The normalized spacial score (nSPS) is 28.8. The molecule has 16 heavy (non-hydrogen) atoms. The van der Waals surface area contributed by atoms with E-state index in [1.807, 2.05) is 11.8 Å². The Bertz CT molecular complexity index is 237. The zero-order chi connectivity index (χ0) is 12.1. The molecule has 1 heterocycles. The molecule has 3 unspecified atom stereocenters. The van der Waals surface area contributed by atoms with Crippen molar-refractivity contribution in [1.29, 1.82) is 0 Å². The van der Waals surface area contributed by atoms with Gasteiger partial charge < -0.3 is 0 Å². The van der Waals surface area contributed by atoms with Gasteiger partial charge in [-0.25, -0.2) is 5.84 Å². The van der Waals surface area contributed by atoms with Crippen LogP contribution < -0.4 is 11.3 Å². The highest BCUT2D eigenvalue weighted by Crippen LogP contribution is 2.26. The van der Waals surface area contributed by atoms with Crippen LogP contribution in [-0.4, -0.2) is 40.4 Å². The predicted octanol–water partition coefficient (Wildman–Crippen LogP) is 0.971. The Morgan fingerprint density at radius 3 is 2.94 bits per heavy atom. The topological polar surface area (TPSA) is 58.4 Å². The molecule has 0 saturated carbocycles. The van der Waals surface area contributed by atoms with Crippen molar-refractivity contribution in [2.75, 3.05) is 12.3 Å². The SMILES string of the molecule is CC1SCCN(C(C)CCC(=O)NN)C1C. The molecule has 4 nitrogen and oxygen atoms in total. The molecule has 1 fully saturated rings. The first-order valence-electron chi connectivity index (χ1n) is 5.93. The number of carbonyl (C=O) groups excluding carboxylic acids is 1. The van der Waals surface area contributed by atoms with Crippen LogP contribution in [0.4, 0.5) is 0 Å². The zero-order valence-electron chi connectivity index (χ0n) is 10.4. The van der Waals surface area contributed by atoms with Crippen molar-refractivity contribution >= 4 is 17.7 Å². The van der Waals surface area contributed by atoms with Crippen molar-refractivity contribution in [3.63, 3.8) is 0 Å². The summed E-state index contributed by atoms with van der Waals surface area (Å²) in [4.78, 5) is 13.6. The molecule has 0 bridgehead atoms. The third-order valence-corrected chi connectivity index (χ3v) is 4.79. The smallest absolute Gasteiger partial charge is 0.233 e. The van der Waals surface area contributed by atoms with Gasteiger partial charge in [-0.2, -0.15) is 11.8 Å². The molecule has 1 amide bonds. The van der Waals surface area contributed by atoms with Gasteiger partial charge in [0.1, 0.15) is 0 Å². The lowest BCUT2D eigenvalue weighted by atomic mass is 10.1. The molecule has 3 N–H and O–H groups in total. The van der Waals surface area contributed by atoms with Crippen molar-refractivity contribution in [3.05, 3.63) is 0 Å². The van der Waals surface area contributed by atoms with Crippen LogP contribution in [0.25, 0.3) is 0 Å². The van der Waals surface area contributed by atoms with Crippen molar-refractivity contribution in [2.45, 2.75) is 50.9 Å². The maximum absolute atomic E-state index is 11.1. The van der Waals surface area contributed by atoms with Crippen LogP contribution >= 0.6 is 11.8 Å². The van der Waals surface area contributed by atoms with Crippen molar-refractivity contribution in [3.8, 4) is 0 Å². The summed E-state index contributed by atoms with van der Waals surface area (Å²) in [5.74, 6) is 6.19. The molecule has 3 atom stereocenters. The first-order chi connectivity index (χ1) is 7.56. The van der Waals surface area contributed by atoms with Crippen molar-refractivity contribution < 1.29 is 4.79 Å². The minimum Gasteiger partial charge on any atom is -0.296 e. The number of nitrogens with two attached hydrogens (primary N) is 1.